The van der Waals surface area contributed by atoms with Crippen molar-refractivity contribution in [2.75, 3.05) is 20.2 Å². The molecule has 2 aromatic rings. The summed E-state index contributed by atoms with van der Waals surface area (Å²) in [6.07, 6.45) is 0.501. The molecule has 0 spiro atoms. The van der Waals surface area contributed by atoms with Crippen molar-refractivity contribution in [2.24, 2.45) is 0 Å². The molecule has 1 N–H and O–H groups in total. The van der Waals surface area contributed by atoms with Gasteiger partial charge < -0.3 is 15.0 Å². The van der Waals surface area contributed by atoms with Crippen LogP contribution < -0.4 is 10.1 Å². The molecule has 1 aliphatic rings. The standard InChI is InChI=1S/C24H29N3O6S/c1-4-14-25-23(29)17(2)26(16-18-9-11-19(33-3)12-10-18)22(28)13-15-27-24(30)20-7-5-6-8-21(20)34(27,31)32/h5-12,17H,4,13-16H2,1-3H3,(H,25,29)/t17-/m0/s1. The number of fused-ring (bicyclic) bond motifs is 1. The molecule has 1 aliphatic heterocycles. The first kappa shape index (κ1) is 25.2. The van der Waals surface area contributed by atoms with Crippen LogP contribution in [-0.2, 0) is 26.2 Å². The lowest BCUT2D eigenvalue weighted by Crippen LogP contribution is -2.48. The van der Waals surface area contributed by atoms with Gasteiger partial charge in [-0.3, -0.25) is 14.4 Å². The van der Waals surface area contributed by atoms with E-state index in [1.54, 1.807) is 50.4 Å². The van der Waals surface area contributed by atoms with E-state index < -0.39 is 27.9 Å². The molecule has 1 atom stereocenters. The van der Waals surface area contributed by atoms with E-state index >= 15 is 0 Å². The molecule has 0 radical (unpaired) electrons. The van der Waals surface area contributed by atoms with Crippen molar-refractivity contribution in [1.82, 2.24) is 14.5 Å². The molecule has 0 saturated carbocycles. The van der Waals surface area contributed by atoms with E-state index in [1.807, 2.05) is 6.92 Å². The number of rotatable bonds is 10. The fourth-order valence-electron chi connectivity index (χ4n) is 3.70. The number of ether oxygens (including phenoxy) is 1. The molecule has 0 unspecified atom stereocenters. The topological polar surface area (TPSA) is 113 Å². The minimum Gasteiger partial charge on any atom is -0.497 e. The van der Waals surface area contributed by atoms with Crippen molar-refractivity contribution in [1.29, 1.82) is 0 Å². The summed E-state index contributed by atoms with van der Waals surface area (Å²) in [6.45, 7) is 3.87. The molecule has 0 fully saturated rings. The van der Waals surface area contributed by atoms with Crippen LogP contribution in [0.1, 0.15) is 42.6 Å². The summed E-state index contributed by atoms with van der Waals surface area (Å²) in [5.41, 5.74) is 0.874. The summed E-state index contributed by atoms with van der Waals surface area (Å²) in [5, 5.41) is 2.79. The van der Waals surface area contributed by atoms with Crippen LogP contribution in [0.25, 0.3) is 0 Å². The highest BCUT2D eigenvalue weighted by Crippen LogP contribution is 2.30. The van der Waals surface area contributed by atoms with Gasteiger partial charge in [0, 0.05) is 26.1 Å². The van der Waals surface area contributed by atoms with Gasteiger partial charge in [0.25, 0.3) is 15.9 Å². The van der Waals surface area contributed by atoms with Crippen LogP contribution >= 0.6 is 0 Å². The summed E-state index contributed by atoms with van der Waals surface area (Å²) in [5.74, 6) is -0.735. The van der Waals surface area contributed by atoms with Gasteiger partial charge in [0.2, 0.25) is 11.8 Å². The van der Waals surface area contributed by atoms with Crippen molar-refractivity contribution in [3.05, 3.63) is 59.7 Å². The fourth-order valence-corrected chi connectivity index (χ4v) is 5.27. The number of amides is 3. The molecule has 9 nitrogen and oxygen atoms in total. The average Bonchev–Trinajstić information content (AvgIpc) is 3.04. The Balaban J connectivity index is 1.77. The van der Waals surface area contributed by atoms with Crippen LogP contribution in [-0.4, -0.2) is 61.6 Å². The summed E-state index contributed by atoms with van der Waals surface area (Å²) in [7, 11) is -2.46. The lowest BCUT2D eigenvalue weighted by molar-refractivity contribution is -0.140. The van der Waals surface area contributed by atoms with Crippen molar-refractivity contribution in [3.63, 3.8) is 0 Å². The van der Waals surface area contributed by atoms with Crippen LogP contribution in [0, 0.1) is 0 Å². The van der Waals surface area contributed by atoms with E-state index in [0.29, 0.717) is 12.3 Å². The van der Waals surface area contributed by atoms with Crippen LogP contribution in [0.4, 0.5) is 0 Å². The van der Waals surface area contributed by atoms with Crippen molar-refractivity contribution >= 4 is 27.7 Å². The first-order chi connectivity index (χ1) is 16.2. The van der Waals surface area contributed by atoms with Crippen LogP contribution in [0.2, 0.25) is 0 Å². The minimum atomic E-state index is -4.01. The smallest absolute Gasteiger partial charge is 0.269 e. The Morgan fingerprint density at radius 1 is 1.12 bits per heavy atom. The first-order valence-electron chi connectivity index (χ1n) is 11.1. The summed E-state index contributed by atoms with van der Waals surface area (Å²) < 4.78 is 31.5. The number of sulfonamides is 1. The normalized spacial score (nSPS) is 14.9. The SMILES string of the molecule is CCCNC(=O)[C@H](C)N(Cc1ccc(OC)cc1)C(=O)CCN1C(=O)c2ccccc2S1(=O)=O. The first-order valence-corrected chi connectivity index (χ1v) is 12.5. The van der Waals surface area contributed by atoms with E-state index in [0.717, 1.165) is 16.3 Å². The minimum absolute atomic E-state index is 0.0603. The number of nitrogens with zero attached hydrogens (tertiary/aromatic N) is 2. The fraction of sp³-hybridized carbons (Fsp3) is 0.375. The summed E-state index contributed by atoms with van der Waals surface area (Å²) >= 11 is 0. The van der Waals surface area contributed by atoms with E-state index in [2.05, 4.69) is 5.32 Å². The van der Waals surface area contributed by atoms with Crippen molar-refractivity contribution < 1.29 is 27.5 Å². The second-order valence-corrected chi connectivity index (χ2v) is 9.80. The summed E-state index contributed by atoms with van der Waals surface area (Å²) in [6, 6.07) is 12.3. The maximum absolute atomic E-state index is 13.2. The second-order valence-electron chi connectivity index (χ2n) is 7.97. The summed E-state index contributed by atoms with van der Waals surface area (Å²) in [4.78, 5) is 39.8. The predicted octanol–water partition coefficient (Wildman–Crippen LogP) is 2.17. The van der Waals surface area contributed by atoms with Gasteiger partial charge in [-0.25, -0.2) is 12.7 Å². The molecule has 1 heterocycles. The van der Waals surface area contributed by atoms with Crippen LogP contribution in [0.15, 0.2) is 53.4 Å². The maximum Gasteiger partial charge on any atom is 0.269 e. The second kappa shape index (κ2) is 10.7. The van der Waals surface area contributed by atoms with Gasteiger partial charge in [0.1, 0.15) is 16.7 Å². The molecule has 34 heavy (non-hydrogen) atoms. The molecule has 10 heteroatoms. The van der Waals surface area contributed by atoms with Gasteiger partial charge in [-0.15, -0.1) is 0 Å². The highest BCUT2D eigenvalue weighted by Gasteiger charge is 2.41. The quantitative estimate of drug-likeness (QED) is 0.550. The highest BCUT2D eigenvalue weighted by molar-refractivity contribution is 7.90. The lowest BCUT2D eigenvalue weighted by Gasteiger charge is -2.29. The molecule has 3 amide bonds. The van der Waals surface area contributed by atoms with Crippen molar-refractivity contribution in [2.45, 2.75) is 44.2 Å². The number of hydrogen-bond donors (Lipinski definition) is 1. The zero-order chi connectivity index (χ0) is 24.9. The molecule has 2 aromatic carbocycles. The molecular formula is C24H29N3O6S. The third-order valence-electron chi connectivity index (χ3n) is 5.67. The Morgan fingerprint density at radius 3 is 2.41 bits per heavy atom. The number of benzene rings is 2. The van der Waals surface area contributed by atoms with E-state index in [4.69, 9.17) is 4.74 Å². The molecular weight excluding hydrogens is 458 g/mol. The Kier molecular flexibility index (Phi) is 7.93. The van der Waals surface area contributed by atoms with Gasteiger partial charge in [0.05, 0.1) is 12.7 Å². The van der Waals surface area contributed by atoms with E-state index in [1.165, 1.54) is 17.0 Å². The number of carbonyl (C=O) groups is 3. The molecule has 0 bridgehead atoms. The number of hydrogen-bond acceptors (Lipinski definition) is 6. The third kappa shape index (κ3) is 5.22. The number of carbonyl (C=O) groups excluding carboxylic acids is 3. The average molecular weight is 488 g/mol. The Labute approximate surface area is 199 Å². The van der Waals surface area contributed by atoms with Crippen molar-refractivity contribution in [3.8, 4) is 5.75 Å². The highest BCUT2D eigenvalue weighted by atomic mass is 32.2. The van der Waals surface area contributed by atoms with Crippen LogP contribution in [0.5, 0.6) is 5.75 Å². The van der Waals surface area contributed by atoms with Gasteiger partial charge >= 0.3 is 0 Å². The Morgan fingerprint density at radius 2 is 1.79 bits per heavy atom. The number of methoxy groups -OCH3 is 1. The number of nitrogens with one attached hydrogen (secondary N) is 1. The lowest BCUT2D eigenvalue weighted by atomic mass is 10.1. The Bertz CT molecular complexity index is 1160. The molecule has 0 saturated heterocycles. The van der Waals surface area contributed by atoms with Crippen LogP contribution in [0.3, 0.4) is 0 Å². The zero-order valence-corrected chi connectivity index (χ0v) is 20.3. The molecule has 182 valence electrons. The van der Waals surface area contributed by atoms with E-state index in [-0.39, 0.29) is 35.9 Å². The molecule has 0 aliphatic carbocycles. The van der Waals surface area contributed by atoms with Gasteiger partial charge in [-0.2, -0.15) is 0 Å². The maximum atomic E-state index is 13.2. The monoisotopic (exact) mass is 487 g/mol. The van der Waals surface area contributed by atoms with Gasteiger partial charge in [-0.1, -0.05) is 31.2 Å². The Hall–Kier alpha value is -3.40. The van der Waals surface area contributed by atoms with E-state index in [9.17, 15) is 22.8 Å². The molecule has 0 aromatic heterocycles. The zero-order valence-electron chi connectivity index (χ0n) is 19.5. The largest absolute Gasteiger partial charge is 0.497 e. The molecule has 3 rings (SSSR count). The third-order valence-corrected chi connectivity index (χ3v) is 7.51. The van der Waals surface area contributed by atoms with Gasteiger partial charge in [-0.05, 0) is 43.2 Å². The van der Waals surface area contributed by atoms with Gasteiger partial charge in [0.15, 0.2) is 0 Å². The predicted molar refractivity (Wildman–Crippen MR) is 126 cm³/mol.